The molecule has 0 N–H and O–H groups in total. The molecule has 1 aliphatic carbocycles. The maximum absolute atomic E-state index is 11.9. The molecular weight excluding hydrogens is 204 g/mol. The van der Waals surface area contributed by atoms with E-state index < -0.39 is 0 Å². The van der Waals surface area contributed by atoms with Gasteiger partial charge in [0.05, 0.1) is 13.5 Å². The molecule has 1 aliphatic rings. The molecule has 1 rings (SSSR count). The smallest absolute Gasteiger partial charge is 0.306 e. The molecule has 3 nitrogen and oxygen atoms in total. The minimum Gasteiger partial charge on any atom is -0.469 e. The van der Waals surface area contributed by atoms with E-state index in [-0.39, 0.29) is 23.6 Å². The molecule has 3 heteroatoms. The van der Waals surface area contributed by atoms with Crippen LogP contribution in [0.15, 0.2) is 0 Å². The predicted octanol–water partition coefficient (Wildman–Crippen LogP) is 2.87. The van der Waals surface area contributed by atoms with Gasteiger partial charge in [-0.15, -0.1) is 0 Å². The summed E-state index contributed by atoms with van der Waals surface area (Å²) in [5.41, 5.74) is -0.387. The van der Waals surface area contributed by atoms with Gasteiger partial charge in [0, 0.05) is 11.8 Å². The standard InChI is InChI=1S/C13H22O3/c1-3-4-5-8-13(10-12(15)16-2)9-6-7-11(13)14/h3-10H2,1-2H3/t13-/m0/s1. The normalized spacial score (nSPS) is 24.8. The van der Waals surface area contributed by atoms with Crippen LogP contribution < -0.4 is 0 Å². The van der Waals surface area contributed by atoms with Crippen molar-refractivity contribution in [2.24, 2.45) is 5.41 Å². The molecule has 0 saturated heterocycles. The Balaban J connectivity index is 2.61. The van der Waals surface area contributed by atoms with Crippen molar-refractivity contribution in [3.05, 3.63) is 0 Å². The summed E-state index contributed by atoms with van der Waals surface area (Å²) in [4.78, 5) is 23.3. The maximum atomic E-state index is 11.9. The van der Waals surface area contributed by atoms with Gasteiger partial charge in [0.2, 0.25) is 0 Å². The number of hydrogen-bond donors (Lipinski definition) is 0. The van der Waals surface area contributed by atoms with E-state index in [0.717, 1.165) is 38.5 Å². The number of carbonyl (C=O) groups excluding carboxylic acids is 2. The van der Waals surface area contributed by atoms with Crippen molar-refractivity contribution in [3.63, 3.8) is 0 Å². The summed E-state index contributed by atoms with van der Waals surface area (Å²) in [6.07, 6.45) is 6.90. The van der Waals surface area contributed by atoms with Gasteiger partial charge in [-0.25, -0.2) is 0 Å². The topological polar surface area (TPSA) is 43.4 Å². The first-order valence-corrected chi connectivity index (χ1v) is 6.25. The van der Waals surface area contributed by atoms with E-state index in [4.69, 9.17) is 4.74 Å². The first-order valence-electron chi connectivity index (χ1n) is 6.25. The lowest BCUT2D eigenvalue weighted by Gasteiger charge is -2.25. The monoisotopic (exact) mass is 226 g/mol. The van der Waals surface area contributed by atoms with Gasteiger partial charge in [0.1, 0.15) is 5.78 Å². The average molecular weight is 226 g/mol. The molecule has 1 fully saturated rings. The molecule has 1 atom stereocenters. The minimum absolute atomic E-state index is 0.244. The molecule has 0 aromatic carbocycles. The molecule has 0 aromatic heterocycles. The van der Waals surface area contributed by atoms with Crippen molar-refractivity contribution in [1.29, 1.82) is 0 Å². The fourth-order valence-electron chi connectivity index (χ4n) is 2.59. The quantitative estimate of drug-likeness (QED) is 0.516. The maximum Gasteiger partial charge on any atom is 0.306 e. The van der Waals surface area contributed by atoms with Crippen LogP contribution in [0.1, 0.15) is 58.3 Å². The van der Waals surface area contributed by atoms with Gasteiger partial charge < -0.3 is 4.74 Å². The summed E-state index contributed by atoms with van der Waals surface area (Å²) in [7, 11) is 1.39. The zero-order valence-electron chi connectivity index (χ0n) is 10.4. The van der Waals surface area contributed by atoms with Crippen LogP contribution in [0.3, 0.4) is 0 Å². The molecule has 1 saturated carbocycles. The lowest BCUT2D eigenvalue weighted by molar-refractivity contribution is -0.146. The second-order valence-corrected chi connectivity index (χ2v) is 4.77. The van der Waals surface area contributed by atoms with Crippen LogP contribution in [0.5, 0.6) is 0 Å². The van der Waals surface area contributed by atoms with Crippen molar-refractivity contribution < 1.29 is 14.3 Å². The Morgan fingerprint density at radius 2 is 2.19 bits per heavy atom. The van der Waals surface area contributed by atoms with Crippen molar-refractivity contribution in [1.82, 2.24) is 0 Å². The first kappa shape index (κ1) is 13.2. The molecular formula is C13H22O3. The molecule has 0 heterocycles. The summed E-state index contributed by atoms with van der Waals surface area (Å²) in [6, 6.07) is 0. The molecule has 0 unspecified atom stereocenters. The van der Waals surface area contributed by atoms with Gasteiger partial charge in [0.15, 0.2) is 0 Å². The third kappa shape index (κ3) is 3.06. The third-order valence-electron chi connectivity index (χ3n) is 3.62. The second-order valence-electron chi connectivity index (χ2n) is 4.77. The van der Waals surface area contributed by atoms with Gasteiger partial charge in [-0.05, 0) is 19.3 Å². The Morgan fingerprint density at radius 1 is 1.44 bits per heavy atom. The molecule has 92 valence electrons. The van der Waals surface area contributed by atoms with Crippen molar-refractivity contribution in [2.45, 2.75) is 58.3 Å². The van der Waals surface area contributed by atoms with E-state index in [1.54, 1.807) is 0 Å². The average Bonchev–Trinajstić information content (AvgIpc) is 2.61. The highest BCUT2D eigenvalue weighted by atomic mass is 16.5. The SMILES string of the molecule is CCCCC[C@@]1(CC(=O)OC)CCCC1=O. The molecule has 0 radical (unpaired) electrons. The van der Waals surface area contributed by atoms with Crippen LogP contribution in [-0.4, -0.2) is 18.9 Å². The fourth-order valence-corrected chi connectivity index (χ4v) is 2.59. The number of methoxy groups -OCH3 is 1. The van der Waals surface area contributed by atoms with Crippen molar-refractivity contribution in [2.75, 3.05) is 7.11 Å². The summed E-state index contributed by atoms with van der Waals surface area (Å²) in [5.74, 6) is 0.0285. The minimum atomic E-state index is -0.387. The van der Waals surface area contributed by atoms with Crippen LogP contribution in [0.2, 0.25) is 0 Å². The first-order chi connectivity index (χ1) is 7.64. The second kappa shape index (κ2) is 6.02. The zero-order valence-corrected chi connectivity index (χ0v) is 10.4. The van der Waals surface area contributed by atoms with Gasteiger partial charge in [-0.1, -0.05) is 26.2 Å². The number of rotatable bonds is 6. The summed E-state index contributed by atoms with van der Waals surface area (Å²) < 4.78 is 4.70. The molecule has 16 heavy (non-hydrogen) atoms. The number of unbranched alkanes of at least 4 members (excludes halogenated alkanes) is 2. The number of hydrogen-bond acceptors (Lipinski definition) is 3. The van der Waals surface area contributed by atoms with E-state index in [0.29, 0.717) is 6.42 Å². The van der Waals surface area contributed by atoms with E-state index in [2.05, 4.69) is 6.92 Å². The molecule has 0 amide bonds. The summed E-state index contributed by atoms with van der Waals surface area (Å²) in [5, 5.41) is 0. The van der Waals surface area contributed by atoms with Crippen LogP contribution in [-0.2, 0) is 14.3 Å². The van der Waals surface area contributed by atoms with Crippen LogP contribution in [0.25, 0.3) is 0 Å². The highest BCUT2D eigenvalue weighted by Crippen LogP contribution is 2.42. The van der Waals surface area contributed by atoms with Crippen LogP contribution in [0.4, 0.5) is 0 Å². The highest BCUT2D eigenvalue weighted by Gasteiger charge is 2.43. The Kier molecular flexibility index (Phi) is 4.97. The van der Waals surface area contributed by atoms with Crippen molar-refractivity contribution >= 4 is 11.8 Å². The van der Waals surface area contributed by atoms with Gasteiger partial charge in [-0.2, -0.15) is 0 Å². The van der Waals surface area contributed by atoms with E-state index in [9.17, 15) is 9.59 Å². The number of esters is 1. The van der Waals surface area contributed by atoms with E-state index >= 15 is 0 Å². The molecule has 0 aliphatic heterocycles. The van der Waals surface area contributed by atoms with Crippen molar-refractivity contribution in [3.8, 4) is 0 Å². The molecule has 0 aromatic rings. The summed E-state index contributed by atoms with van der Waals surface area (Å²) in [6.45, 7) is 2.14. The lowest BCUT2D eigenvalue weighted by Crippen LogP contribution is -2.29. The Labute approximate surface area is 97.5 Å². The Hall–Kier alpha value is -0.860. The number of carbonyl (C=O) groups is 2. The van der Waals surface area contributed by atoms with Crippen LogP contribution in [0, 0.1) is 5.41 Å². The zero-order chi connectivity index (χ0) is 12.0. The third-order valence-corrected chi connectivity index (χ3v) is 3.62. The number of ketones is 1. The number of ether oxygens (including phenoxy) is 1. The highest BCUT2D eigenvalue weighted by molar-refractivity contribution is 5.90. The predicted molar refractivity (Wildman–Crippen MR) is 62.1 cm³/mol. The van der Waals surface area contributed by atoms with Gasteiger partial charge in [-0.3, -0.25) is 9.59 Å². The fraction of sp³-hybridized carbons (Fsp3) is 0.846. The molecule has 0 bridgehead atoms. The van der Waals surface area contributed by atoms with E-state index in [1.165, 1.54) is 7.11 Å². The van der Waals surface area contributed by atoms with Gasteiger partial charge in [0.25, 0.3) is 0 Å². The Morgan fingerprint density at radius 3 is 2.69 bits per heavy atom. The molecule has 0 spiro atoms. The summed E-state index contributed by atoms with van der Waals surface area (Å²) >= 11 is 0. The van der Waals surface area contributed by atoms with Gasteiger partial charge >= 0.3 is 5.97 Å². The van der Waals surface area contributed by atoms with E-state index in [1.807, 2.05) is 0 Å². The largest absolute Gasteiger partial charge is 0.469 e. The number of Topliss-reactive ketones (excluding diaryl/α,β-unsaturated/α-hetero) is 1. The van der Waals surface area contributed by atoms with Crippen LogP contribution >= 0.6 is 0 Å². The lowest BCUT2D eigenvalue weighted by atomic mass is 9.77. The Bertz CT molecular complexity index is 260.